The van der Waals surface area contributed by atoms with Gasteiger partial charge < -0.3 is 20.3 Å². The quantitative estimate of drug-likeness (QED) is 0.653. The largest absolute Gasteiger partial charge is 0.389 e. The molecule has 0 radical (unpaired) electrons. The van der Waals surface area contributed by atoms with Gasteiger partial charge in [-0.3, -0.25) is 0 Å². The fourth-order valence-corrected chi connectivity index (χ4v) is 1.48. The molecule has 4 unspecified atom stereocenters. The lowest BCUT2D eigenvalue weighted by atomic mass is 10.0. The lowest BCUT2D eigenvalue weighted by Gasteiger charge is -2.36. The molecule has 1 aliphatic heterocycles. The van der Waals surface area contributed by atoms with Crippen molar-refractivity contribution in [2.24, 2.45) is 5.73 Å². The van der Waals surface area contributed by atoms with E-state index in [0.29, 0.717) is 6.42 Å². The molecule has 0 aromatic heterocycles. The van der Waals surface area contributed by atoms with E-state index in [1.165, 1.54) is 0 Å². The van der Waals surface area contributed by atoms with Crippen LogP contribution in [-0.4, -0.2) is 35.8 Å². The summed E-state index contributed by atoms with van der Waals surface area (Å²) in [6.45, 7) is 5.70. The van der Waals surface area contributed by atoms with Crippen molar-refractivity contribution in [3.63, 3.8) is 0 Å². The van der Waals surface area contributed by atoms with Crippen LogP contribution >= 0.6 is 0 Å². The zero-order valence-corrected chi connectivity index (χ0v) is 8.43. The Bertz CT molecular complexity index is 151. The second-order valence-electron chi connectivity index (χ2n) is 3.85. The Kier molecular flexibility index (Phi) is 3.67. The molecule has 1 heterocycles. The summed E-state index contributed by atoms with van der Waals surface area (Å²) in [6.07, 6.45) is -0.406. The van der Waals surface area contributed by atoms with Crippen LogP contribution in [0.15, 0.2) is 0 Å². The molecule has 0 aromatic rings. The molecule has 0 saturated carbocycles. The number of nitrogens with two attached hydrogens (primary N) is 1. The van der Waals surface area contributed by atoms with Crippen molar-refractivity contribution in [1.82, 2.24) is 0 Å². The van der Waals surface area contributed by atoms with Gasteiger partial charge in [0, 0.05) is 12.5 Å². The molecular weight excluding hydrogens is 170 g/mol. The van der Waals surface area contributed by atoms with Crippen LogP contribution < -0.4 is 5.73 Å². The van der Waals surface area contributed by atoms with Crippen LogP contribution in [-0.2, 0) is 9.47 Å². The maximum absolute atomic E-state index is 9.49. The second-order valence-corrected chi connectivity index (χ2v) is 3.85. The second kappa shape index (κ2) is 4.37. The SMILES string of the molecule is CC(C)OC1CC(N)C(O)C(C)O1. The van der Waals surface area contributed by atoms with E-state index in [1.807, 2.05) is 13.8 Å². The summed E-state index contributed by atoms with van der Waals surface area (Å²) < 4.78 is 10.9. The molecule has 13 heavy (non-hydrogen) atoms. The molecule has 4 nitrogen and oxygen atoms in total. The number of aliphatic hydroxyl groups is 1. The van der Waals surface area contributed by atoms with Gasteiger partial charge in [-0.2, -0.15) is 0 Å². The first-order chi connectivity index (χ1) is 6.00. The molecule has 4 atom stereocenters. The zero-order valence-electron chi connectivity index (χ0n) is 8.43. The summed E-state index contributed by atoms with van der Waals surface area (Å²) in [6, 6.07) is -0.243. The average Bonchev–Trinajstić information content (AvgIpc) is 1.98. The van der Waals surface area contributed by atoms with Gasteiger partial charge in [0.15, 0.2) is 6.29 Å². The minimum atomic E-state index is -0.577. The van der Waals surface area contributed by atoms with Gasteiger partial charge in [0.2, 0.25) is 0 Å². The van der Waals surface area contributed by atoms with E-state index in [4.69, 9.17) is 15.2 Å². The first-order valence-electron chi connectivity index (χ1n) is 4.75. The minimum absolute atomic E-state index is 0.125. The fraction of sp³-hybridized carbons (Fsp3) is 1.00. The molecule has 3 N–H and O–H groups in total. The maximum Gasteiger partial charge on any atom is 0.159 e. The van der Waals surface area contributed by atoms with Gasteiger partial charge in [-0.1, -0.05) is 0 Å². The van der Waals surface area contributed by atoms with E-state index in [-0.39, 0.29) is 24.5 Å². The highest BCUT2D eigenvalue weighted by Crippen LogP contribution is 2.20. The third kappa shape index (κ3) is 2.91. The Labute approximate surface area is 79.0 Å². The molecule has 1 saturated heterocycles. The van der Waals surface area contributed by atoms with E-state index in [0.717, 1.165) is 0 Å². The predicted octanol–water partition coefficient (Wildman–Crippen LogP) is 0.234. The van der Waals surface area contributed by atoms with Crippen molar-refractivity contribution in [2.45, 2.75) is 57.8 Å². The van der Waals surface area contributed by atoms with Gasteiger partial charge in [0.25, 0.3) is 0 Å². The number of hydrogen-bond donors (Lipinski definition) is 2. The topological polar surface area (TPSA) is 64.7 Å². The van der Waals surface area contributed by atoms with Crippen molar-refractivity contribution >= 4 is 0 Å². The zero-order chi connectivity index (χ0) is 10.0. The Morgan fingerprint density at radius 3 is 2.62 bits per heavy atom. The monoisotopic (exact) mass is 189 g/mol. The first-order valence-corrected chi connectivity index (χ1v) is 4.75. The molecular formula is C9H19NO3. The Hall–Kier alpha value is -0.160. The number of rotatable bonds is 2. The van der Waals surface area contributed by atoms with Gasteiger partial charge in [-0.15, -0.1) is 0 Å². The molecule has 1 fully saturated rings. The highest BCUT2D eigenvalue weighted by molar-refractivity contribution is 4.83. The Morgan fingerprint density at radius 1 is 1.54 bits per heavy atom. The van der Waals surface area contributed by atoms with E-state index >= 15 is 0 Å². The van der Waals surface area contributed by atoms with Gasteiger partial charge in [0.05, 0.1) is 18.3 Å². The number of aliphatic hydroxyl groups excluding tert-OH is 1. The average molecular weight is 189 g/mol. The predicted molar refractivity (Wildman–Crippen MR) is 49.2 cm³/mol. The van der Waals surface area contributed by atoms with Crippen molar-refractivity contribution in [1.29, 1.82) is 0 Å². The Balaban J connectivity index is 2.44. The van der Waals surface area contributed by atoms with Gasteiger partial charge in [0.1, 0.15) is 0 Å². The van der Waals surface area contributed by atoms with E-state index in [9.17, 15) is 5.11 Å². The van der Waals surface area contributed by atoms with Crippen molar-refractivity contribution in [3.05, 3.63) is 0 Å². The van der Waals surface area contributed by atoms with Crippen molar-refractivity contribution < 1.29 is 14.6 Å². The van der Waals surface area contributed by atoms with E-state index in [1.54, 1.807) is 6.92 Å². The van der Waals surface area contributed by atoms with Crippen LogP contribution in [0.2, 0.25) is 0 Å². The van der Waals surface area contributed by atoms with Gasteiger partial charge in [-0.25, -0.2) is 0 Å². The highest BCUT2D eigenvalue weighted by atomic mass is 16.7. The summed E-state index contributed by atoms with van der Waals surface area (Å²) >= 11 is 0. The summed E-state index contributed by atoms with van der Waals surface area (Å²) in [5.41, 5.74) is 5.72. The summed E-state index contributed by atoms with van der Waals surface area (Å²) in [4.78, 5) is 0. The summed E-state index contributed by atoms with van der Waals surface area (Å²) in [7, 11) is 0. The van der Waals surface area contributed by atoms with E-state index < -0.39 is 6.10 Å². The van der Waals surface area contributed by atoms with Crippen LogP contribution in [0.4, 0.5) is 0 Å². The third-order valence-electron chi connectivity index (χ3n) is 2.17. The smallest absolute Gasteiger partial charge is 0.159 e. The molecule has 4 heteroatoms. The highest BCUT2D eigenvalue weighted by Gasteiger charge is 2.33. The molecule has 1 aliphatic rings. The van der Waals surface area contributed by atoms with Crippen LogP contribution in [0.25, 0.3) is 0 Å². The van der Waals surface area contributed by atoms with Crippen LogP contribution in [0.1, 0.15) is 27.2 Å². The molecule has 0 aliphatic carbocycles. The maximum atomic E-state index is 9.49. The van der Waals surface area contributed by atoms with Crippen molar-refractivity contribution in [3.8, 4) is 0 Å². The number of hydrogen-bond acceptors (Lipinski definition) is 4. The normalized spacial score (nSPS) is 41.1. The summed E-state index contributed by atoms with van der Waals surface area (Å²) in [5, 5.41) is 9.49. The number of ether oxygens (including phenoxy) is 2. The standard InChI is InChI=1S/C9H19NO3/c1-5(2)12-8-4-7(10)9(11)6(3)13-8/h5-9,11H,4,10H2,1-3H3. The Morgan fingerprint density at radius 2 is 2.15 bits per heavy atom. The molecule has 0 aromatic carbocycles. The fourth-order valence-electron chi connectivity index (χ4n) is 1.48. The summed E-state index contributed by atoms with van der Waals surface area (Å²) in [5.74, 6) is 0. The van der Waals surface area contributed by atoms with Crippen LogP contribution in [0, 0.1) is 0 Å². The lowest BCUT2D eigenvalue weighted by molar-refractivity contribution is -0.234. The lowest BCUT2D eigenvalue weighted by Crippen LogP contribution is -2.52. The van der Waals surface area contributed by atoms with Crippen LogP contribution in [0.3, 0.4) is 0 Å². The van der Waals surface area contributed by atoms with Gasteiger partial charge in [-0.05, 0) is 20.8 Å². The molecule has 78 valence electrons. The van der Waals surface area contributed by atoms with Crippen LogP contribution in [0.5, 0.6) is 0 Å². The van der Waals surface area contributed by atoms with Crippen molar-refractivity contribution in [2.75, 3.05) is 0 Å². The molecule has 1 rings (SSSR count). The van der Waals surface area contributed by atoms with E-state index in [2.05, 4.69) is 0 Å². The molecule has 0 bridgehead atoms. The first kappa shape index (κ1) is 10.9. The van der Waals surface area contributed by atoms with Gasteiger partial charge >= 0.3 is 0 Å². The third-order valence-corrected chi connectivity index (χ3v) is 2.17. The minimum Gasteiger partial charge on any atom is -0.389 e. The molecule has 0 amide bonds. The molecule has 0 spiro atoms.